The van der Waals surface area contributed by atoms with Crippen molar-refractivity contribution in [2.45, 2.75) is 25.3 Å². The maximum atomic E-state index is 12.6. The van der Waals surface area contributed by atoms with Gasteiger partial charge in [-0.05, 0) is 37.0 Å². The molecule has 3 aromatic rings. The molecule has 144 valence electrons. The molecule has 0 bridgehead atoms. The summed E-state index contributed by atoms with van der Waals surface area (Å²) in [4.78, 5) is 33.9. The van der Waals surface area contributed by atoms with E-state index >= 15 is 0 Å². The molecule has 0 radical (unpaired) electrons. The third-order valence-electron chi connectivity index (χ3n) is 4.26. The van der Waals surface area contributed by atoms with Gasteiger partial charge in [-0.1, -0.05) is 24.4 Å². The number of hydrogen-bond donors (Lipinski definition) is 3. The van der Waals surface area contributed by atoms with Crippen molar-refractivity contribution >= 4 is 46.2 Å². The highest BCUT2D eigenvalue weighted by molar-refractivity contribution is 8.02. The number of primary amides is 1. The maximum Gasteiger partial charge on any atom is 0.256 e. The summed E-state index contributed by atoms with van der Waals surface area (Å²) in [6.07, 6.45) is 1.37. The molecule has 0 aliphatic carbocycles. The second-order valence-electron chi connectivity index (χ2n) is 6.02. The number of aromatic nitrogens is 3. The number of pyridine rings is 1. The lowest BCUT2D eigenvalue weighted by Crippen LogP contribution is -2.28. The number of anilines is 3. The quantitative estimate of drug-likeness (QED) is 0.546. The van der Waals surface area contributed by atoms with Crippen LogP contribution in [0, 0.1) is 6.92 Å². The van der Waals surface area contributed by atoms with Crippen molar-refractivity contribution < 1.29 is 4.79 Å². The normalized spacial score (nSPS) is 10.8. The molecular formula is C19H20N6O2S. The molecule has 28 heavy (non-hydrogen) atoms. The Morgan fingerprint density at radius 3 is 2.82 bits per heavy atom. The molecule has 2 heterocycles. The first-order valence-electron chi connectivity index (χ1n) is 8.51. The van der Waals surface area contributed by atoms with Crippen LogP contribution < -0.4 is 22.2 Å². The second kappa shape index (κ2) is 7.73. The first kappa shape index (κ1) is 19.4. The Morgan fingerprint density at radius 1 is 1.43 bits per heavy atom. The van der Waals surface area contributed by atoms with E-state index in [9.17, 15) is 9.59 Å². The van der Waals surface area contributed by atoms with Crippen LogP contribution in [0.1, 0.15) is 22.8 Å². The number of benzene rings is 1. The van der Waals surface area contributed by atoms with Crippen molar-refractivity contribution in [2.24, 2.45) is 5.73 Å². The Balaban J connectivity index is 2.11. The van der Waals surface area contributed by atoms with Crippen molar-refractivity contribution in [2.75, 3.05) is 11.1 Å². The monoisotopic (exact) mass is 396 g/mol. The number of amides is 1. The predicted molar refractivity (Wildman–Crippen MR) is 113 cm³/mol. The van der Waals surface area contributed by atoms with Gasteiger partial charge in [0, 0.05) is 23.3 Å². The number of nitrogens with two attached hydrogens (primary N) is 2. The van der Waals surface area contributed by atoms with E-state index in [-0.39, 0.29) is 16.8 Å². The lowest BCUT2D eigenvalue weighted by molar-refractivity contribution is 0.1000. The molecule has 0 aliphatic rings. The Morgan fingerprint density at radius 2 is 2.18 bits per heavy atom. The Kier molecular flexibility index (Phi) is 5.36. The highest BCUT2D eigenvalue weighted by Gasteiger charge is 2.20. The minimum atomic E-state index is -0.874. The van der Waals surface area contributed by atoms with Crippen LogP contribution in [-0.2, 0) is 6.54 Å². The third-order valence-corrected chi connectivity index (χ3v) is 5.12. The molecule has 0 fully saturated rings. The minimum absolute atomic E-state index is 0.00263. The molecular weight excluding hydrogens is 376 g/mol. The van der Waals surface area contributed by atoms with Gasteiger partial charge in [0.2, 0.25) is 11.4 Å². The van der Waals surface area contributed by atoms with Crippen LogP contribution >= 0.6 is 11.8 Å². The van der Waals surface area contributed by atoms with E-state index in [1.165, 1.54) is 18.0 Å². The summed E-state index contributed by atoms with van der Waals surface area (Å²) in [6, 6.07) is 5.86. The van der Waals surface area contributed by atoms with Crippen molar-refractivity contribution in [3.8, 4) is 0 Å². The molecule has 0 aliphatic heterocycles. The summed E-state index contributed by atoms with van der Waals surface area (Å²) in [5.41, 5.74) is 12.8. The number of aryl methyl sites for hydroxylation is 2. The van der Waals surface area contributed by atoms with E-state index < -0.39 is 11.3 Å². The Hall–Kier alpha value is -3.33. The van der Waals surface area contributed by atoms with Gasteiger partial charge in [0.25, 0.3) is 5.91 Å². The number of nitrogen functional groups attached to an aromatic ring is 1. The van der Waals surface area contributed by atoms with Crippen LogP contribution in [-0.4, -0.2) is 20.4 Å². The number of nitrogens with one attached hydrogen (secondary N) is 1. The lowest BCUT2D eigenvalue weighted by atomic mass is 10.1. The molecule has 5 N–H and O–H groups in total. The van der Waals surface area contributed by atoms with Gasteiger partial charge in [0.15, 0.2) is 5.65 Å². The average Bonchev–Trinajstić information content (AvgIpc) is 2.65. The number of hydrogen-bond acceptors (Lipinski definition) is 7. The summed E-state index contributed by atoms with van der Waals surface area (Å²) < 4.78 is 1.57. The zero-order valence-electron chi connectivity index (χ0n) is 15.5. The first-order valence-corrected chi connectivity index (χ1v) is 9.39. The minimum Gasteiger partial charge on any atom is -0.384 e. The number of nitrogens with zero attached hydrogens (tertiary/aromatic N) is 3. The van der Waals surface area contributed by atoms with Crippen LogP contribution in [0.25, 0.3) is 11.0 Å². The highest BCUT2D eigenvalue weighted by atomic mass is 32.2. The zero-order chi connectivity index (χ0) is 20.4. The fourth-order valence-electron chi connectivity index (χ4n) is 2.88. The summed E-state index contributed by atoms with van der Waals surface area (Å²) >= 11 is 1.52. The number of fused-ring (bicyclic) bond motifs is 1. The summed E-state index contributed by atoms with van der Waals surface area (Å²) in [6.45, 7) is 7.99. The van der Waals surface area contributed by atoms with Gasteiger partial charge in [0.05, 0.1) is 5.39 Å². The number of rotatable bonds is 6. The van der Waals surface area contributed by atoms with E-state index in [2.05, 4.69) is 21.9 Å². The van der Waals surface area contributed by atoms with Gasteiger partial charge in [-0.25, -0.2) is 4.98 Å². The van der Waals surface area contributed by atoms with E-state index in [0.29, 0.717) is 18.1 Å². The Labute approximate surface area is 165 Å². The molecule has 8 nitrogen and oxygen atoms in total. The maximum absolute atomic E-state index is 12.6. The average molecular weight is 396 g/mol. The van der Waals surface area contributed by atoms with E-state index in [1.54, 1.807) is 9.98 Å². The van der Waals surface area contributed by atoms with Crippen molar-refractivity contribution in [1.82, 2.24) is 14.5 Å². The number of carbonyl (C=O) groups excluding carboxylic acids is 1. The molecule has 0 saturated heterocycles. The number of thioether (sulfide) groups is 1. The third kappa shape index (κ3) is 3.44. The smallest absolute Gasteiger partial charge is 0.256 e. The topological polar surface area (TPSA) is 129 Å². The summed E-state index contributed by atoms with van der Waals surface area (Å²) in [5.74, 6) is -0.573. The summed E-state index contributed by atoms with van der Waals surface area (Å²) in [5, 5.41) is 5.08. The fraction of sp³-hybridized carbons (Fsp3) is 0.158. The molecule has 0 saturated carbocycles. The predicted octanol–water partition coefficient (Wildman–Crippen LogP) is 2.78. The standard InChI is InChI=1S/C19H20N6O2S/c1-4-25-16(20)14(17(21)27)15(26)12-9-22-19(24-18(12)25)23-11-7-6-10(3)13(8-11)28-5-2/h5-9H,2,4,20H2,1,3H3,(H2,21,27)(H,22,23,24). The highest BCUT2D eigenvalue weighted by Crippen LogP contribution is 2.27. The van der Waals surface area contributed by atoms with E-state index in [0.717, 1.165) is 16.1 Å². The lowest BCUT2D eigenvalue weighted by Gasteiger charge is -2.15. The fourth-order valence-corrected chi connectivity index (χ4v) is 3.51. The molecule has 1 aromatic carbocycles. The van der Waals surface area contributed by atoms with Crippen LogP contribution in [0.2, 0.25) is 0 Å². The van der Waals surface area contributed by atoms with Crippen LogP contribution in [0.15, 0.2) is 46.1 Å². The molecule has 9 heteroatoms. The van der Waals surface area contributed by atoms with Gasteiger partial charge < -0.3 is 21.4 Å². The van der Waals surface area contributed by atoms with Crippen LogP contribution in [0.5, 0.6) is 0 Å². The molecule has 1 amide bonds. The number of carbonyl (C=O) groups is 1. The van der Waals surface area contributed by atoms with Gasteiger partial charge in [-0.2, -0.15) is 4.98 Å². The van der Waals surface area contributed by atoms with Crippen molar-refractivity contribution in [1.29, 1.82) is 0 Å². The van der Waals surface area contributed by atoms with E-state index in [1.807, 2.05) is 32.0 Å². The molecule has 0 atom stereocenters. The van der Waals surface area contributed by atoms with Crippen LogP contribution in [0.3, 0.4) is 0 Å². The van der Waals surface area contributed by atoms with Crippen molar-refractivity contribution in [3.63, 3.8) is 0 Å². The van der Waals surface area contributed by atoms with Gasteiger partial charge in [0.1, 0.15) is 11.4 Å². The Bertz CT molecular complexity index is 1160. The van der Waals surface area contributed by atoms with Gasteiger partial charge >= 0.3 is 0 Å². The van der Waals surface area contributed by atoms with Crippen LogP contribution in [0.4, 0.5) is 17.5 Å². The molecule has 0 spiro atoms. The largest absolute Gasteiger partial charge is 0.384 e. The molecule has 2 aromatic heterocycles. The first-order chi connectivity index (χ1) is 13.4. The van der Waals surface area contributed by atoms with Crippen molar-refractivity contribution in [3.05, 3.63) is 57.7 Å². The van der Waals surface area contributed by atoms with E-state index in [4.69, 9.17) is 11.5 Å². The summed E-state index contributed by atoms with van der Waals surface area (Å²) in [7, 11) is 0. The second-order valence-corrected chi connectivity index (χ2v) is 7.03. The zero-order valence-corrected chi connectivity index (χ0v) is 16.3. The molecule has 0 unspecified atom stereocenters. The van der Waals surface area contributed by atoms with Gasteiger partial charge in [-0.15, -0.1) is 0 Å². The van der Waals surface area contributed by atoms with Gasteiger partial charge in [-0.3, -0.25) is 9.59 Å². The SMILES string of the molecule is C=CSc1cc(Nc2ncc3c(=O)c(C(N)=O)c(N)n(CC)c3n2)ccc1C. The molecule has 3 rings (SSSR count).